The van der Waals surface area contributed by atoms with Crippen molar-refractivity contribution < 1.29 is 28.6 Å². The zero-order chi connectivity index (χ0) is 15.9. The molecule has 7 nitrogen and oxygen atoms in total. The van der Waals surface area contributed by atoms with Crippen LogP contribution in [0.4, 0.5) is 5.69 Å². The van der Waals surface area contributed by atoms with E-state index in [1.54, 1.807) is 12.1 Å². The molecule has 1 heterocycles. The molecule has 2 rings (SSSR count). The molecular weight excluding hydrogens is 290 g/mol. The van der Waals surface area contributed by atoms with Gasteiger partial charge < -0.3 is 19.5 Å². The van der Waals surface area contributed by atoms with Crippen LogP contribution < -0.4 is 5.32 Å². The van der Waals surface area contributed by atoms with Crippen LogP contribution in [-0.4, -0.2) is 44.3 Å². The van der Waals surface area contributed by atoms with Crippen molar-refractivity contribution in [3.8, 4) is 0 Å². The van der Waals surface area contributed by atoms with Crippen LogP contribution in [0.1, 0.15) is 23.2 Å². The van der Waals surface area contributed by atoms with Crippen molar-refractivity contribution in [1.29, 1.82) is 0 Å². The first-order valence-corrected chi connectivity index (χ1v) is 6.86. The lowest BCUT2D eigenvalue weighted by Gasteiger charge is -2.10. The molecule has 1 N–H and O–H groups in total. The third-order valence-electron chi connectivity index (χ3n) is 3.13. The fourth-order valence-electron chi connectivity index (χ4n) is 2.00. The maximum absolute atomic E-state index is 11.7. The van der Waals surface area contributed by atoms with Gasteiger partial charge in [0, 0.05) is 12.3 Å². The summed E-state index contributed by atoms with van der Waals surface area (Å²) in [5.41, 5.74) is 0.871. The fraction of sp³-hybridized carbons (Fsp3) is 0.400. The van der Waals surface area contributed by atoms with Gasteiger partial charge in [0.25, 0.3) is 5.91 Å². The number of hydrogen-bond donors (Lipinski definition) is 1. The maximum atomic E-state index is 11.7. The summed E-state index contributed by atoms with van der Waals surface area (Å²) in [6.07, 6.45) is 0.876. The number of benzene rings is 1. The van der Waals surface area contributed by atoms with Crippen LogP contribution in [0.25, 0.3) is 0 Å². The first-order chi connectivity index (χ1) is 10.6. The van der Waals surface area contributed by atoms with Crippen molar-refractivity contribution in [2.45, 2.75) is 18.9 Å². The van der Waals surface area contributed by atoms with Gasteiger partial charge in [-0.3, -0.25) is 4.79 Å². The molecule has 1 aliphatic heterocycles. The van der Waals surface area contributed by atoms with Gasteiger partial charge in [-0.15, -0.1) is 0 Å². The Morgan fingerprint density at radius 3 is 2.59 bits per heavy atom. The number of ether oxygens (including phenoxy) is 3. The standard InChI is InChI=1S/C15H17NO6/c1-20-14(18)10-4-6-11(7-5-10)16-13(17)9-22-15(19)12-3-2-8-21-12/h4-7,12H,2-3,8-9H2,1H3,(H,16,17)/t12-/m0/s1. The van der Waals surface area contributed by atoms with Gasteiger partial charge in [-0.05, 0) is 37.1 Å². The van der Waals surface area contributed by atoms with Crippen LogP contribution in [0.2, 0.25) is 0 Å². The number of anilines is 1. The van der Waals surface area contributed by atoms with Gasteiger partial charge in [-0.25, -0.2) is 9.59 Å². The highest BCUT2D eigenvalue weighted by atomic mass is 16.6. The Labute approximate surface area is 127 Å². The normalized spacial score (nSPS) is 16.9. The molecule has 1 amide bonds. The highest BCUT2D eigenvalue weighted by Crippen LogP contribution is 2.13. The summed E-state index contributed by atoms with van der Waals surface area (Å²) < 4.78 is 14.6. The summed E-state index contributed by atoms with van der Waals surface area (Å²) in [5, 5.41) is 2.56. The summed E-state index contributed by atoms with van der Waals surface area (Å²) in [5.74, 6) is -1.44. The Kier molecular flexibility index (Phi) is 5.48. The average molecular weight is 307 g/mol. The Bertz CT molecular complexity index is 548. The second-order valence-electron chi connectivity index (χ2n) is 4.73. The average Bonchev–Trinajstić information content (AvgIpc) is 3.07. The van der Waals surface area contributed by atoms with Crippen LogP contribution in [0.5, 0.6) is 0 Å². The first kappa shape index (κ1) is 16.0. The van der Waals surface area contributed by atoms with Crippen LogP contribution >= 0.6 is 0 Å². The number of carbonyl (C=O) groups excluding carboxylic acids is 3. The van der Waals surface area contributed by atoms with E-state index in [0.29, 0.717) is 24.3 Å². The Hall–Kier alpha value is -2.41. The molecule has 22 heavy (non-hydrogen) atoms. The van der Waals surface area contributed by atoms with E-state index in [1.807, 2.05) is 0 Å². The first-order valence-electron chi connectivity index (χ1n) is 6.86. The summed E-state index contributed by atoms with van der Waals surface area (Å²) in [6.45, 7) is 0.163. The van der Waals surface area contributed by atoms with E-state index in [9.17, 15) is 14.4 Å². The van der Waals surface area contributed by atoms with Crippen LogP contribution in [-0.2, 0) is 23.8 Å². The molecule has 0 bridgehead atoms. The monoisotopic (exact) mass is 307 g/mol. The molecule has 0 aliphatic carbocycles. The zero-order valence-electron chi connectivity index (χ0n) is 12.2. The highest BCUT2D eigenvalue weighted by molar-refractivity contribution is 5.94. The molecule has 7 heteroatoms. The van der Waals surface area contributed by atoms with Gasteiger partial charge in [0.2, 0.25) is 0 Å². The molecule has 1 fully saturated rings. The molecule has 0 radical (unpaired) electrons. The van der Waals surface area contributed by atoms with Crippen molar-refractivity contribution in [2.24, 2.45) is 0 Å². The molecule has 1 aromatic rings. The lowest BCUT2D eigenvalue weighted by atomic mass is 10.2. The van der Waals surface area contributed by atoms with Gasteiger partial charge in [-0.2, -0.15) is 0 Å². The van der Waals surface area contributed by atoms with E-state index >= 15 is 0 Å². The van der Waals surface area contributed by atoms with Crippen molar-refractivity contribution in [1.82, 2.24) is 0 Å². The number of amides is 1. The summed E-state index contributed by atoms with van der Waals surface area (Å²) in [4.78, 5) is 34.5. The SMILES string of the molecule is COC(=O)c1ccc(NC(=O)COC(=O)[C@@H]2CCCO2)cc1. The van der Waals surface area contributed by atoms with E-state index in [0.717, 1.165) is 6.42 Å². The largest absolute Gasteiger partial charge is 0.465 e. The minimum absolute atomic E-state index is 0.378. The zero-order valence-corrected chi connectivity index (χ0v) is 12.2. The van der Waals surface area contributed by atoms with Crippen molar-refractivity contribution in [2.75, 3.05) is 25.6 Å². The third-order valence-corrected chi connectivity index (χ3v) is 3.13. The lowest BCUT2D eigenvalue weighted by molar-refractivity contribution is -0.156. The van der Waals surface area contributed by atoms with Crippen LogP contribution in [0, 0.1) is 0 Å². The minimum Gasteiger partial charge on any atom is -0.465 e. The second-order valence-corrected chi connectivity index (χ2v) is 4.73. The molecule has 0 spiro atoms. The quantitative estimate of drug-likeness (QED) is 0.820. The lowest BCUT2D eigenvalue weighted by Crippen LogP contribution is -2.27. The van der Waals surface area contributed by atoms with Crippen LogP contribution in [0.3, 0.4) is 0 Å². The molecule has 0 saturated carbocycles. The van der Waals surface area contributed by atoms with Crippen molar-refractivity contribution in [3.63, 3.8) is 0 Å². The molecule has 1 aromatic carbocycles. The molecule has 1 aliphatic rings. The van der Waals surface area contributed by atoms with Gasteiger partial charge in [0.1, 0.15) is 0 Å². The number of hydrogen-bond acceptors (Lipinski definition) is 6. The third kappa shape index (κ3) is 4.29. The number of methoxy groups -OCH3 is 1. The Morgan fingerprint density at radius 1 is 1.27 bits per heavy atom. The minimum atomic E-state index is -0.563. The van der Waals surface area contributed by atoms with Gasteiger partial charge in [0.05, 0.1) is 12.7 Å². The Balaban J connectivity index is 1.79. The summed E-state index contributed by atoms with van der Waals surface area (Å²) in [7, 11) is 1.29. The second kappa shape index (κ2) is 7.56. The van der Waals surface area contributed by atoms with Crippen molar-refractivity contribution >= 4 is 23.5 Å². The predicted octanol–water partition coefficient (Wildman–Crippen LogP) is 1.13. The van der Waals surface area contributed by atoms with E-state index in [4.69, 9.17) is 9.47 Å². The van der Waals surface area contributed by atoms with E-state index < -0.39 is 23.9 Å². The molecule has 0 unspecified atom stereocenters. The summed E-state index contributed by atoms with van der Waals surface area (Å²) in [6, 6.07) is 6.18. The smallest absolute Gasteiger partial charge is 0.337 e. The number of nitrogens with one attached hydrogen (secondary N) is 1. The molecule has 1 atom stereocenters. The Morgan fingerprint density at radius 2 is 2.00 bits per heavy atom. The van der Waals surface area contributed by atoms with Crippen molar-refractivity contribution in [3.05, 3.63) is 29.8 Å². The van der Waals surface area contributed by atoms with Gasteiger partial charge >= 0.3 is 11.9 Å². The number of esters is 2. The summed E-state index contributed by atoms with van der Waals surface area (Å²) >= 11 is 0. The van der Waals surface area contributed by atoms with Gasteiger partial charge in [-0.1, -0.05) is 0 Å². The molecular formula is C15H17NO6. The van der Waals surface area contributed by atoms with Gasteiger partial charge in [0.15, 0.2) is 12.7 Å². The van der Waals surface area contributed by atoms with E-state index in [2.05, 4.69) is 10.1 Å². The number of carbonyl (C=O) groups is 3. The predicted molar refractivity (Wildman–Crippen MR) is 76.3 cm³/mol. The van der Waals surface area contributed by atoms with Crippen LogP contribution in [0.15, 0.2) is 24.3 Å². The van der Waals surface area contributed by atoms with E-state index in [-0.39, 0.29) is 6.61 Å². The molecule has 0 aromatic heterocycles. The topological polar surface area (TPSA) is 90.9 Å². The molecule has 118 valence electrons. The highest BCUT2D eigenvalue weighted by Gasteiger charge is 2.25. The maximum Gasteiger partial charge on any atom is 0.337 e. The number of rotatable bonds is 5. The molecule has 1 saturated heterocycles. The van der Waals surface area contributed by atoms with E-state index in [1.165, 1.54) is 19.2 Å². The fourth-order valence-corrected chi connectivity index (χ4v) is 2.00.